The minimum Gasteiger partial charge on any atom is -0.378 e. The lowest BCUT2D eigenvalue weighted by atomic mass is 9.69. The Morgan fingerprint density at radius 3 is 2.33 bits per heavy atom. The van der Waals surface area contributed by atoms with Crippen LogP contribution in [0.3, 0.4) is 0 Å². The molecule has 4 heteroatoms. The van der Waals surface area contributed by atoms with Crippen LogP contribution >= 0.6 is 0 Å². The van der Waals surface area contributed by atoms with Crippen LogP contribution in [0.15, 0.2) is 24.3 Å². The Morgan fingerprint density at radius 1 is 1.10 bits per heavy atom. The number of hydrogen-bond donors (Lipinski definition) is 1. The van der Waals surface area contributed by atoms with Gasteiger partial charge in [-0.25, -0.2) is 4.39 Å². The Labute approximate surface area is 183 Å². The number of nitrogens with zero attached hydrogens (tertiary/aromatic N) is 1. The minimum absolute atomic E-state index is 0.00203. The molecule has 3 rings (SSSR count). The summed E-state index contributed by atoms with van der Waals surface area (Å²) in [7, 11) is 0. The first kappa shape index (κ1) is 23.7. The first-order valence-corrected chi connectivity index (χ1v) is 11.9. The second-order valence-corrected chi connectivity index (χ2v) is 11.4. The number of ether oxygens (including phenoxy) is 1. The summed E-state index contributed by atoms with van der Waals surface area (Å²) in [6.45, 7) is 18.0. The van der Waals surface area contributed by atoms with Crippen molar-refractivity contribution in [3.8, 4) is 0 Å². The average molecular weight is 419 g/mol. The van der Waals surface area contributed by atoms with Crippen molar-refractivity contribution in [1.29, 1.82) is 0 Å². The molecule has 0 amide bonds. The fraction of sp³-hybridized carbons (Fsp3) is 0.769. The van der Waals surface area contributed by atoms with Crippen molar-refractivity contribution in [3.63, 3.8) is 0 Å². The van der Waals surface area contributed by atoms with Gasteiger partial charge in [0, 0.05) is 24.2 Å². The molecule has 0 saturated carbocycles. The topological polar surface area (TPSA) is 24.5 Å². The Bertz CT molecular complexity index is 671. The van der Waals surface area contributed by atoms with Crippen molar-refractivity contribution in [2.75, 3.05) is 19.7 Å². The molecule has 1 spiro atoms. The molecule has 0 aliphatic carbocycles. The van der Waals surface area contributed by atoms with Crippen molar-refractivity contribution in [1.82, 2.24) is 10.2 Å². The summed E-state index contributed by atoms with van der Waals surface area (Å²) in [6, 6.07) is 6.80. The van der Waals surface area contributed by atoms with Gasteiger partial charge in [0.2, 0.25) is 0 Å². The average Bonchev–Trinajstić information content (AvgIpc) is 2.67. The second-order valence-electron chi connectivity index (χ2n) is 11.4. The minimum atomic E-state index is -0.178. The number of piperidine rings is 1. The van der Waals surface area contributed by atoms with Crippen LogP contribution in [-0.4, -0.2) is 41.8 Å². The molecule has 30 heavy (non-hydrogen) atoms. The van der Waals surface area contributed by atoms with Gasteiger partial charge < -0.3 is 10.1 Å². The standard InChI is InChI=1S/C26H43FN2O/c1-20(25(5,6)28-19-21-7-9-22(27)10-8-21)17-23-18-26(13-16-30-23)11-14-29(15-12-26)24(2,3)4/h7-10,20,23,28H,11-19H2,1-6H3. The Morgan fingerprint density at radius 2 is 1.73 bits per heavy atom. The van der Waals surface area contributed by atoms with Crippen molar-refractivity contribution in [2.45, 2.75) is 97.4 Å². The first-order valence-electron chi connectivity index (χ1n) is 11.9. The van der Waals surface area contributed by atoms with Crippen LogP contribution in [0.5, 0.6) is 0 Å². The van der Waals surface area contributed by atoms with Crippen molar-refractivity contribution < 1.29 is 9.13 Å². The van der Waals surface area contributed by atoms with Crippen LogP contribution in [0.4, 0.5) is 4.39 Å². The fourth-order valence-corrected chi connectivity index (χ4v) is 5.14. The van der Waals surface area contributed by atoms with Crippen LogP contribution < -0.4 is 5.32 Å². The Hall–Kier alpha value is -0.970. The zero-order valence-corrected chi connectivity index (χ0v) is 20.1. The van der Waals surface area contributed by atoms with E-state index in [4.69, 9.17) is 4.74 Å². The summed E-state index contributed by atoms with van der Waals surface area (Å²) < 4.78 is 19.4. The summed E-state index contributed by atoms with van der Waals surface area (Å²) in [4.78, 5) is 2.65. The quantitative estimate of drug-likeness (QED) is 0.634. The van der Waals surface area contributed by atoms with Gasteiger partial charge in [-0.05, 0) is 109 Å². The summed E-state index contributed by atoms with van der Waals surface area (Å²) in [6.07, 6.45) is 6.51. The fourth-order valence-electron chi connectivity index (χ4n) is 5.14. The normalized spacial score (nSPS) is 24.2. The van der Waals surface area contributed by atoms with Gasteiger partial charge in [-0.2, -0.15) is 0 Å². The van der Waals surface area contributed by atoms with Crippen LogP contribution in [0.2, 0.25) is 0 Å². The third kappa shape index (κ3) is 6.05. The van der Waals surface area contributed by atoms with Crippen LogP contribution in [0.1, 0.15) is 79.2 Å². The SMILES string of the molecule is CC(CC1CC2(CCO1)CCN(C(C)(C)C)CC2)C(C)(C)NCc1ccc(F)cc1. The van der Waals surface area contributed by atoms with Crippen molar-refractivity contribution in [3.05, 3.63) is 35.6 Å². The van der Waals surface area contributed by atoms with Gasteiger partial charge in [0.1, 0.15) is 5.82 Å². The van der Waals surface area contributed by atoms with E-state index in [-0.39, 0.29) is 16.9 Å². The summed E-state index contributed by atoms with van der Waals surface area (Å²) in [5, 5.41) is 3.69. The van der Waals surface area contributed by atoms with Crippen LogP contribution in [-0.2, 0) is 11.3 Å². The van der Waals surface area contributed by atoms with E-state index in [1.807, 2.05) is 12.1 Å². The van der Waals surface area contributed by atoms with E-state index < -0.39 is 0 Å². The van der Waals surface area contributed by atoms with Crippen LogP contribution in [0.25, 0.3) is 0 Å². The zero-order chi connectivity index (χ0) is 22.0. The molecule has 2 saturated heterocycles. The van der Waals surface area contributed by atoms with E-state index in [2.05, 4.69) is 51.8 Å². The molecular formula is C26H43FN2O. The van der Waals surface area contributed by atoms with Crippen molar-refractivity contribution in [2.24, 2.45) is 11.3 Å². The maximum atomic E-state index is 13.1. The largest absolute Gasteiger partial charge is 0.378 e. The lowest BCUT2D eigenvalue weighted by Gasteiger charge is -2.50. The molecular weight excluding hydrogens is 375 g/mol. The number of hydrogen-bond acceptors (Lipinski definition) is 3. The van der Waals surface area contributed by atoms with Gasteiger partial charge in [-0.3, -0.25) is 4.90 Å². The second kappa shape index (κ2) is 9.26. The first-order chi connectivity index (χ1) is 14.0. The summed E-state index contributed by atoms with van der Waals surface area (Å²) >= 11 is 0. The Balaban J connectivity index is 1.51. The van der Waals surface area contributed by atoms with E-state index in [9.17, 15) is 4.39 Å². The highest BCUT2D eigenvalue weighted by Gasteiger charge is 2.42. The lowest BCUT2D eigenvalue weighted by Crippen LogP contribution is -2.51. The van der Waals surface area contributed by atoms with Gasteiger partial charge >= 0.3 is 0 Å². The molecule has 1 aromatic carbocycles. The predicted molar refractivity (Wildman–Crippen MR) is 123 cm³/mol. The van der Waals surface area contributed by atoms with Gasteiger partial charge in [0.05, 0.1) is 6.10 Å². The number of rotatable bonds is 6. The monoisotopic (exact) mass is 418 g/mol. The molecule has 1 N–H and O–H groups in total. The molecule has 0 radical (unpaired) electrons. The summed E-state index contributed by atoms with van der Waals surface area (Å²) in [5.74, 6) is 0.316. The van der Waals surface area contributed by atoms with E-state index in [1.165, 1.54) is 50.9 Å². The molecule has 3 nitrogen and oxygen atoms in total. The molecule has 2 heterocycles. The third-order valence-corrected chi connectivity index (χ3v) is 7.93. The Kier molecular flexibility index (Phi) is 7.31. The highest BCUT2D eigenvalue weighted by Crippen LogP contribution is 2.45. The maximum absolute atomic E-state index is 13.1. The van der Waals surface area contributed by atoms with Gasteiger partial charge in [0.25, 0.3) is 0 Å². The molecule has 170 valence electrons. The summed E-state index contributed by atoms with van der Waals surface area (Å²) in [5.41, 5.74) is 1.88. The number of halogens is 1. The zero-order valence-electron chi connectivity index (χ0n) is 20.1. The van der Waals surface area contributed by atoms with Gasteiger partial charge in [-0.1, -0.05) is 19.1 Å². The molecule has 2 fully saturated rings. The predicted octanol–water partition coefficient (Wildman–Crippen LogP) is 5.78. The van der Waals surface area contributed by atoms with Gasteiger partial charge in [-0.15, -0.1) is 0 Å². The highest BCUT2D eigenvalue weighted by atomic mass is 19.1. The molecule has 0 aromatic heterocycles. The van der Waals surface area contributed by atoms with E-state index in [0.717, 1.165) is 25.1 Å². The molecule has 2 unspecified atom stereocenters. The van der Waals surface area contributed by atoms with E-state index >= 15 is 0 Å². The molecule has 2 atom stereocenters. The number of benzene rings is 1. The number of nitrogens with one attached hydrogen (secondary N) is 1. The molecule has 0 bridgehead atoms. The van der Waals surface area contributed by atoms with E-state index in [0.29, 0.717) is 17.4 Å². The van der Waals surface area contributed by atoms with Gasteiger partial charge in [0.15, 0.2) is 0 Å². The molecule has 2 aliphatic rings. The third-order valence-electron chi connectivity index (χ3n) is 7.93. The lowest BCUT2D eigenvalue weighted by molar-refractivity contribution is -0.0879. The van der Waals surface area contributed by atoms with Crippen molar-refractivity contribution >= 4 is 0 Å². The number of likely N-dealkylation sites (tertiary alicyclic amines) is 1. The van der Waals surface area contributed by atoms with Crippen LogP contribution in [0, 0.1) is 17.2 Å². The smallest absolute Gasteiger partial charge is 0.123 e. The van der Waals surface area contributed by atoms with E-state index in [1.54, 1.807) is 0 Å². The molecule has 1 aromatic rings. The highest BCUT2D eigenvalue weighted by molar-refractivity contribution is 5.16. The molecule has 2 aliphatic heterocycles. The maximum Gasteiger partial charge on any atom is 0.123 e.